The molecule has 0 saturated heterocycles. The fourth-order valence-electron chi connectivity index (χ4n) is 3.11. The third kappa shape index (κ3) is 5.99. The number of carbonyl (C=O) groups is 1. The second-order valence-electron chi connectivity index (χ2n) is 7.62. The fourth-order valence-corrected chi connectivity index (χ4v) is 3.11. The molecule has 0 aliphatic carbocycles. The maximum atomic E-state index is 11.7. The van der Waals surface area contributed by atoms with Gasteiger partial charge in [0, 0.05) is 11.3 Å². The lowest BCUT2D eigenvalue weighted by Crippen LogP contribution is -2.19. The van der Waals surface area contributed by atoms with E-state index in [1.165, 1.54) is 7.11 Å². The van der Waals surface area contributed by atoms with Crippen molar-refractivity contribution in [2.45, 2.75) is 58.6 Å². The lowest BCUT2D eigenvalue weighted by atomic mass is 9.93. The number of rotatable bonds is 9. The second-order valence-corrected chi connectivity index (χ2v) is 7.62. The highest BCUT2D eigenvalue weighted by molar-refractivity contribution is 5.70. The molecule has 5 heteroatoms. The van der Waals surface area contributed by atoms with Gasteiger partial charge in [0.1, 0.15) is 6.54 Å². The molecule has 5 nitrogen and oxygen atoms in total. The Balaban J connectivity index is 2.17. The third-order valence-electron chi connectivity index (χ3n) is 4.55. The predicted octanol–water partition coefficient (Wildman–Crippen LogP) is 3.84. The van der Waals surface area contributed by atoms with Crippen LogP contribution >= 0.6 is 0 Å². The lowest BCUT2D eigenvalue weighted by Gasteiger charge is -2.19. The average Bonchev–Trinajstić information content (AvgIpc) is 2.96. The quantitative estimate of drug-likeness (QED) is 0.692. The summed E-state index contributed by atoms with van der Waals surface area (Å²) in [5.41, 5.74) is 2.40. The molecule has 1 unspecified atom stereocenters. The van der Waals surface area contributed by atoms with Gasteiger partial charge in [-0.05, 0) is 32.6 Å². The van der Waals surface area contributed by atoms with Crippen molar-refractivity contribution < 1.29 is 14.6 Å². The first-order chi connectivity index (χ1) is 12.3. The van der Waals surface area contributed by atoms with Crippen molar-refractivity contribution in [2.75, 3.05) is 7.11 Å². The van der Waals surface area contributed by atoms with Gasteiger partial charge < -0.3 is 14.4 Å². The summed E-state index contributed by atoms with van der Waals surface area (Å²) in [6.07, 6.45) is 5.31. The predicted molar refractivity (Wildman–Crippen MR) is 103 cm³/mol. The number of ether oxygens (including phenoxy) is 1. The Bertz CT molecular complexity index is 702. The highest BCUT2D eigenvalue weighted by Gasteiger charge is 2.18. The first-order valence-electron chi connectivity index (χ1n) is 9.19. The Labute approximate surface area is 156 Å². The summed E-state index contributed by atoms with van der Waals surface area (Å²) < 4.78 is 6.71. The molecule has 1 atom stereocenters. The molecule has 0 spiro atoms. The van der Waals surface area contributed by atoms with E-state index in [1.807, 2.05) is 48.7 Å². The SMILES string of the molecule is COC(=O)Cn1cnc(-c2ccccc2)c1CC(C)CCCC(C)(C)O. The van der Waals surface area contributed by atoms with E-state index in [0.29, 0.717) is 5.92 Å². The van der Waals surface area contributed by atoms with E-state index in [-0.39, 0.29) is 12.5 Å². The Hall–Kier alpha value is -2.14. The van der Waals surface area contributed by atoms with Crippen LogP contribution in [0.25, 0.3) is 11.3 Å². The zero-order valence-electron chi connectivity index (χ0n) is 16.2. The lowest BCUT2D eigenvalue weighted by molar-refractivity contribution is -0.141. The number of hydrogen-bond donors (Lipinski definition) is 1. The average molecular weight is 358 g/mol. The van der Waals surface area contributed by atoms with Gasteiger partial charge in [-0.2, -0.15) is 0 Å². The van der Waals surface area contributed by atoms with E-state index >= 15 is 0 Å². The van der Waals surface area contributed by atoms with Crippen molar-refractivity contribution >= 4 is 5.97 Å². The minimum Gasteiger partial charge on any atom is -0.468 e. The topological polar surface area (TPSA) is 64.4 Å². The molecule has 0 aliphatic rings. The molecule has 26 heavy (non-hydrogen) atoms. The van der Waals surface area contributed by atoms with Gasteiger partial charge in [0.15, 0.2) is 0 Å². The molecule has 1 N–H and O–H groups in total. The maximum absolute atomic E-state index is 11.7. The third-order valence-corrected chi connectivity index (χ3v) is 4.55. The Morgan fingerprint density at radius 2 is 2.00 bits per heavy atom. The summed E-state index contributed by atoms with van der Waals surface area (Å²) in [7, 11) is 1.40. The Morgan fingerprint density at radius 3 is 2.62 bits per heavy atom. The first-order valence-corrected chi connectivity index (χ1v) is 9.19. The van der Waals surface area contributed by atoms with Gasteiger partial charge in [-0.1, -0.05) is 50.1 Å². The zero-order valence-corrected chi connectivity index (χ0v) is 16.2. The monoisotopic (exact) mass is 358 g/mol. The van der Waals surface area contributed by atoms with Crippen molar-refractivity contribution in [2.24, 2.45) is 5.92 Å². The highest BCUT2D eigenvalue weighted by Crippen LogP contribution is 2.26. The largest absolute Gasteiger partial charge is 0.468 e. The molecule has 0 amide bonds. The van der Waals surface area contributed by atoms with Gasteiger partial charge in [-0.25, -0.2) is 4.98 Å². The maximum Gasteiger partial charge on any atom is 0.325 e. The minimum atomic E-state index is -0.623. The van der Waals surface area contributed by atoms with E-state index in [0.717, 1.165) is 42.6 Å². The minimum absolute atomic E-state index is 0.169. The van der Waals surface area contributed by atoms with E-state index in [4.69, 9.17) is 4.74 Å². The number of nitrogens with zero attached hydrogens (tertiary/aromatic N) is 2. The van der Waals surface area contributed by atoms with Gasteiger partial charge in [0.2, 0.25) is 0 Å². The summed E-state index contributed by atoms with van der Waals surface area (Å²) in [6.45, 7) is 6.06. The second kappa shape index (κ2) is 8.99. The first kappa shape index (κ1) is 20.2. The number of aromatic nitrogens is 2. The van der Waals surface area contributed by atoms with Crippen molar-refractivity contribution in [1.29, 1.82) is 0 Å². The van der Waals surface area contributed by atoms with Crippen LogP contribution in [0.5, 0.6) is 0 Å². The number of hydrogen-bond acceptors (Lipinski definition) is 4. The number of esters is 1. The van der Waals surface area contributed by atoms with Crippen LogP contribution in [0.15, 0.2) is 36.7 Å². The molecule has 0 radical (unpaired) electrons. The van der Waals surface area contributed by atoms with Crippen molar-refractivity contribution in [3.8, 4) is 11.3 Å². The normalized spacial score (nSPS) is 12.8. The molecule has 1 aromatic carbocycles. The van der Waals surface area contributed by atoms with Crippen molar-refractivity contribution in [3.05, 3.63) is 42.4 Å². The number of methoxy groups -OCH3 is 1. The van der Waals surface area contributed by atoms with Gasteiger partial charge >= 0.3 is 5.97 Å². The number of carbonyl (C=O) groups excluding carboxylic acids is 1. The Morgan fingerprint density at radius 1 is 1.31 bits per heavy atom. The number of imidazole rings is 1. The fraction of sp³-hybridized carbons (Fsp3) is 0.524. The number of benzene rings is 1. The van der Waals surface area contributed by atoms with Gasteiger partial charge in [0.25, 0.3) is 0 Å². The standard InChI is InChI=1S/C21H30N2O3/c1-16(9-8-12-21(2,3)25)13-18-20(17-10-6-5-7-11-17)22-15-23(18)14-19(24)26-4/h5-7,10-11,15-16,25H,8-9,12-14H2,1-4H3. The smallest absolute Gasteiger partial charge is 0.325 e. The van der Waals surface area contributed by atoms with Crippen LogP contribution in [0.1, 0.15) is 45.7 Å². The van der Waals surface area contributed by atoms with Crippen LogP contribution in [-0.2, 0) is 22.5 Å². The molecule has 0 fully saturated rings. The van der Waals surface area contributed by atoms with Crippen molar-refractivity contribution in [3.63, 3.8) is 0 Å². The summed E-state index contributed by atoms with van der Waals surface area (Å²) in [5, 5.41) is 9.88. The molecular weight excluding hydrogens is 328 g/mol. The molecular formula is C21H30N2O3. The molecule has 1 aromatic heterocycles. The molecule has 0 saturated carbocycles. The van der Waals surface area contributed by atoms with Gasteiger partial charge in [-0.3, -0.25) is 4.79 Å². The zero-order chi connectivity index (χ0) is 19.2. The van der Waals surface area contributed by atoms with E-state index in [1.54, 1.807) is 6.33 Å². The molecule has 142 valence electrons. The molecule has 1 heterocycles. The van der Waals surface area contributed by atoms with Crippen LogP contribution in [0.2, 0.25) is 0 Å². The van der Waals surface area contributed by atoms with Crippen LogP contribution < -0.4 is 0 Å². The van der Waals surface area contributed by atoms with Crippen LogP contribution in [0.4, 0.5) is 0 Å². The van der Waals surface area contributed by atoms with Gasteiger partial charge in [0.05, 0.1) is 24.7 Å². The van der Waals surface area contributed by atoms with Crippen LogP contribution in [0, 0.1) is 5.92 Å². The van der Waals surface area contributed by atoms with E-state index in [2.05, 4.69) is 11.9 Å². The molecule has 2 aromatic rings. The van der Waals surface area contributed by atoms with E-state index < -0.39 is 5.60 Å². The molecule has 2 rings (SSSR count). The molecule has 0 aliphatic heterocycles. The van der Waals surface area contributed by atoms with Gasteiger partial charge in [-0.15, -0.1) is 0 Å². The number of aliphatic hydroxyl groups is 1. The van der Waals surface area contributed by atoms with Crippen LogP contribution in [0.3, 0.4) is 0 Å². The highest BCUT2D eigenvalue weighted by atomic mass is 16.5. The van der Waals surface area contributed by atoms with E-state index in [9.17, 15) is 9.90 Å². The summed E-state index contributed by atoms with van der Waals surface area (Å²) in [5.74, 6) is 0.144. The summed E-state index contributed by atoms with van der Waals surface area (Å²) >= 11 is 0. The van der Waals surface area contributed by atoms with Crippen LogP contribution in [-0.4, -0.2) is 33.3 Å². The Kier molecular flexibility index (Phi) is 6.98. The summed E-state index contributed by atoms with van der Waals surface area (Å²) in [6, 6.07) is 10.0. The molecule has 0 bridgehead atoms. The summed E-state index contributed by atoms with van der Waals surface area (Å²) in [4.78, 5) is 16.3. The van der Waals surface area contributed by atoms with Crippen molar-refractivity contribution in [1.82, 2.24) is 9.55 Å².